The van der Waals surface area contributed by atoms with Crippen LogP contribution in [0.4, 0.5) is 0 Å². The lowest BCUT2D eigenvalue weighted by atomic mass is 9.97. The normalized spacial score (nSPS) is 21.6. The van der Waals surface area contributed by atoms with E-state index in [1.807, 2.05) is 0 Å². The highest BCUT2D eigenvalue weighted by atomic mass is 16.5. The van der Waals surface area contributed by atoms with E-state index in [1.165, 1.54) is 24.0 Å². The highest BCUT2D eigenvalue weighted by Gasteiger charge is 2.16. The van der Waals surface area contributed by atoms with Crippen LogP contribution in [0.5, 0.6) is 0 Å². The zero-order valence-electron chi connectivity index (χ0n) is 10.7. The molecule has 2 unspecified atom stereocenters. The van der Waals surface area contributed by atoms with Crippen molar-refractivity contribution in [2.75, 3.05) is 6.61 Å². The molecule has 1 heterocycles. The lowest BCUT2D eigenvalue weighted by Gasteiger charge is -2.15. The molecule has 2 atom stereocenters. The Morgan fingerprint density at radius 2 is 2.24 bits per heavy atom. The quantitative estimate of drug-likeness (QED) is 0.848. The first-order valence-corrected chi connectivity index (χ1v) is 6.67. The Morgan fingerprint density at radius 1 is 1.41 bits per heavy atom. The van der Waals surface area contributed by atoms with Crippen LogP contribution < -0.4 is 5.73 Å². The van der Waals surface area contributed by atoms with Crippen molar-refractivity contribution in [1.29, 1.82) is 0 Å². The molecule has 2 rings (SSSR count). The molecule has 2 nitrogen and oxygen atoms in total. The molecular weight excluding hydrogens is 210 g/mol. The average Bonchev–Trinajstić information content (AvgIpc) is 2.82. The maximum atomic E-state index is 6.20. The van der Waals surface area contributed by atoms with Gasteiger partial charge in [0.25, 0.3) is 0 Å². The van der Waals surface area contributed by atoms with Crippen LogP contribution in [-0.2, 0) is 11.2 Å². The molecule has 1 aromatic carbocycles. The highest BCUT2D eigenvalue weighted by Crippen LogP contribution is 2.18. The van der Waals surface area contributed by atoms with Crippen molar-refractivity contribution in [3.8, 4) is 0 Å². The Hall–Kier alpha value is -0.860. The molecule has 17 heavy (non-hydrogen) atoms. The summed E-state index contributed by atoms with van der Waals surface area (Å²) in [6.45, 7) is 3.10. The number of rotatable bonds is 5. The van der Waals surface area contributed by atoms with Gasteiger partial charge in [0.1, 0.15) is 0 Å². The standard InChI is InChI=1S/C15H23NO/c1-12-5-2-3-6-13(12)11-14(16)8-9-15-7-4-10-17-15/h2-3,5-6,14-15H,4,7-11,16H2,1H3. The van der Waals surface area contributed by atoms with Gasteiger partial charge in [-0.2, -0.15) is 0 Å². The van der Waals surface area contributed by atoms with Crippen LogP contribution >= 0.6 is 0 Å². The van der Waals surface area contributed by atoms with Gasteiger partial charge in [-0.25, -0.2) is 0 Å². The van der Waals surface area contributed by atoms with Gasteiger partial charge in [-0.3, -0.25) is 0 Å². The molecule has 0 aromatic heterocycles. The maximum absolute atomic E-state index is 6.20. The minimum absolute atomic E-state index is 0.264. The molecule has 1 aromatic rings. The number of hydrogen-bond donors (Lipinski definition) is 1. The van der Waals surface area contributed by atoms with Crippen molar-refractivity contribution in [3.63, 3.8) is 0 Å². The van der Waals surface area contributed by atoms with Gasteiger partial charge >= 0.3 is 0 Å². The fourth-order valence-electron chi connectivity index (χ4n) is 2.50. The summed E-state index contributed by atoms with van der Waals surface area (Å²) in [6.07, 6.45) is 6.08. The molecule has 0 amide bonds. The van der Waals surface area contributed by atoms with E-state index in [4.69, 9.17) is 10.5 Å². The molecule has 1 saturated heterocycles. The molecule has 1 aliphatic heterocycles. The van der Waals surface area contributed by atoms with E-state index in [2.05, 4.69) is 31.2 Å². The van der Waals surface area contributed by atoms with E-state index in [1.54, 1.807) is 0 Å². The number of nitrogens with two attached hydrogens (primary N) is 1. The topological polar surface area (TPSA) is 35.2 Å². The zero-order chi connectivity index (χ0) is 12.1. The van der Waals surface area contributed by atoms with E-state index >= 15 is 0 Å². The van der Waals surface area contributed by atoms with Gasteiger partial charge in [0.15, 0.2) is 0 Å². The summed E-state index contributed by atoms with van der Waals surface area (Å²) >= 11 is 0. The van der Waals surface area contributed by atoms with Gasteiger partial charge in [0.05, 0.1) is 6.10 Å². The molecule has 0 spiro atoms. The molecule has 1 fully saturated rings. The summed E-state index contributed by atoms with van der Waals surface area (Å²) in [5, 5.41) is 0. The highest BCUT2D eigenvalue weighted by molar-refractivity contribution is 5.26. The Bertz CT molecular complexity index is 345. The minimum atomic E-state index is 0.264. The molecule has 1 aliphatic rings. The Labute approximate surface area is 104 Å². The third kappa shape index (κ3) is 3.83. The summed E-state index contributed by atoms with van der Waals surface area (Å²) in [6, 6.07) is 8.77. The summed E-state index contributed by atoms with van der Waals surface area (Å²) in [5.74, 6) is 0. The van der Waals surface area contributed by atoms with Crippen molar-refractivity contribution in [3.05, 3.63) is 35.4 Å². The number of ether oxygens (including phenoxy) is 1. The Morgan fingerprint density at radius 3 is 2.94 bits per heavy atom. The van der Waals surface area contributed by atoms with E-state index < -0.39 is 0 Å². The predicted molar refractivity (Wildman–Crippen MR) is 71.1 cm³/mol. The van der Waals surface area contributed by atoms with Crippen LogP contribution in [0.1, 0.15) is 36.8 Å². The van der Waals surface area contributed by atoms with Gasteiger partial charge in [-0.1, -0.05) is 24.3 Å². The molecule has 0 radical (unpaired) electrons. The number of aryl methyl sites for hydroxylation is 1. The lowest BCUT2D eigenvalue weighted by molar-refractivity contribution is 0.101. The van der Waals surface area contributed by atoms with Crippen LogP contribution in [0.15, 0.2) is 24.3 Å². The predicted octanol–water partition coefficient (Wildman–Crippen LogP) is 2.82. The monoisotopic (exact) mass is 233 g/mol. The number of hydrogen-bond acceptors (Lipinski definition) is 2. The van der Waals surface area contributed by atoms with Gasteiger partial charge in [-0.05, 0) is 50.2 Å². The van der Waals surface area contributed by atoms with Crippen LogP contribution in [0.25, 0.3) is 0 Å². The Kier molecular flexibility index (Phi) is 4.57. The SMILES string of the molecule is Cc1ccccc1CC(N)CCC1CCCO1. The molecular formula is C15H23NO. The first kappa shape index (κ1) is 12.6. The van der Waals surface area contributed by atoms with Gasteiger partial charge in [-0.15, -0.1) is 0 Å². The molecule has 2 N–H and O–H groups in total. The minimum Gasteiger partial charge on any atom is -0.378 e. The lowest BCUT2D eigenvalue weighted by Crippen LogP contribution is -2.25. The first-order valence-electron chi connectivity index (χ1n) is 6.67. The number of benzene rings is 1. The van der Waals surface area contributed by atoms with Crippen LogP contribution in [0.3, 0.4) is 0 Å². The summed E-state index contributed by atoms with van der Waals surface area (Å²) in [4.78, 5) is 0. The van der Waals surface area contributed by atoms with E-state index in [0.717, 1.165) is 25.9 Å². The van der Waals surface area contributed by atoms with Gasteiger partial charge in [0.2, 0.25) is 0 Å². The summed E-state index contributed by atoms with van der Waals surface area (Å²) in [7, 11) is 0. The average molecular weight is 233 g/mol. The van der Waals surface area contributed by atoms with E-state index in [-0.39, 0.29) is 6.04 Å². The van der Waals surface area contributed by atoms with Crippen molar-refractivity contribution >= 4 is 0 Å². The molecule has 0 saturated carbocycles. The zero-order valence-corrected chi connectivity index (χ0v) is 10.7. The van der Waals surface area contributed by atoms with E-state index in [0.29, 0.717) is 6.10 Å². The van der Waals surface area contributed by atoms with Crippen LogP contribution in [-0.4, -0.2) is 18.8 Å². The van der Waals surface area contributed by atoms with Crippen molar-refractivity contribution in [2.45, 2.75) is 51.2 Å². The van der Waals surface area contributed by atoms with Gasteiger partial charge < -0.3 is 10.5 Å². The second kappa shape index (κ2) is 6.18. The summed E-state index contributed by atoms with van der Waals surface area (Å²) in [5.41, 5.74) is 8.93. The molecule has 0 aliphatic carbocycles. The maximum Gasteiger partial charge on any atom is 0.0576 e. The smallest absolute Gasteiger partial charge is 0.0576 e. The molecule has 2 heteroatoms. The Balaban J connectivity index is 1.76. The first-order chi connectivity index (χ1) is 8.25. The summed E-state index contributed by atoms with van der Waals surface area (Å²) < 4.78 is 5.62. The second-order valence-electron chi connectivity index (χ2n) is 5.10. The fraction of sp³-hybridized carbons (Fsp3) is 0.600. The second-order valence-corrected chi connectivity index (χ2v) is 5.10. The fourth-order valence-corrected chi connectivity index (χ4v) is 2.50. The van der Waals surface area contributed by atoms with Crippen molar-refractivity contribution < 1.29 is 4.74 Å². The van der Waals surface area contributed by atoms with Gasteiger partial charge in [0, 0.05) is 12.6 Å². The third-order valence-electron chi connectivity index (χ3n) is 3.63. The van der Waals surface area contributed by atoms with E-state index in [9.17, 15) is 0 Å². The third-order valence-corrected chi connectivity index (χ3v) is 3.63. The van der Waals surface area contributed by atoms with Crippen LogP contribution in [0.2, 0.25) is 0 Å². The van der Waals surface area contributed by atoms with Crippen LogP contribution in [0, 0.1) is 6.92 Å². The largest absolute Gasteiger partial charge is 0.378 e. The van der Waals surface area contributed by atoms with Crippen molar-refractivity contribution in [1.82, 2.24) is 0 Å². The van der Waals surface area contributed by atoms with Crippen molar-refractivity contribution in [2.24, 2.45) is 5.73 Å². The molecule has 0 bridgehead atoms. The molecule has 94 valence electrons.